The number of carbonyl (C=O) groups excluding carboxylic acids is 1. The molecule has 0 aromatic heterocycles. The lowest BCUT2D eigenvalue weighted by Gasteiger charge is -2.26. The first-order chi connectivity index (χ1) is 17.5. The molecule has 0 bridgehead atoms. The van der Waals surface area contributed by atoms with Crippen LogP contribution in [0.1, 0.15) is 31.9 Å². The summed E-state index contributed by atoms with van der Waals surface area (Å²) in [6.45, 7) is 3.51. The second kappa shape index (κ2) is 11.7. The standard InChI is InChI=1S/C26H29FN2O6S2/c1-4-25(19-6-14-23(15-7-19)36(3,31)32)28-26(30)18-29(21-10-8-20(27)9-11-21)37(33,34)24-16-12-22(13-17-24)35-5-2/h6-17,25H,4-5,18H2,1-3H3,(H,28,30). The quantitative estimate of drug-likeness (QED) is 0.387. The van der Waals surface area contributed by atoms with Gasteiger partial charge in [0.1, 0.15) is 18.1 Å². The normalized spacial score (nSPS) is 12.5. The van der Waals surface area contributed by atoms with Crippen LogP contribution in [-0.4, -0.2) is 42.2 Å². The smallest absolute Gasteiger partial charge is 0.264 e. The maximum absolute atomic E-state index is 13.6. The average molecular weight is 549 g/mol. The van der Waals surface area contributed by atoms with Gasteiger partial charge >= 0.3 is 0 Å². The predicted octanol–water partition coefficient (Wildman–Crippen LogP) is 4.09. The zero-order chi connectivity index (χ0) is 27.2. The summed E-state index contributed by atoms with van der Waals surface area (Å²) in [6, 6.07) is 16.3. The van der Waals surface area contributed by atoms with Crippen molar-refractivity contribution in [2.24, 2.45) is 0 Å². The lowest BCUT2D eigenvalue weighted by molar-refractivity contribution is -0.120. The van der Waals surface area contributed by atoms with E-state index in [9.17, 15) is 26.0 Å². The summed E-state index contributed by atoms with van der Waals surface area (Å²) in [4.78, 5) is 13.2. The molecule has 3 aromatic carbocycles. The van der Waals surface area contributed by atoms with Crippen LogP contribution in [0.2, 0.25) is 0 Å². The van der Waals surface area contributed by atoms with Crippen LogP contribution >= 0.6 is 0 Å². The number of hydrogen-bond donors (Lipinski definition) is 1. The van der Waals surface area contributed by atoms with Crippen LogP contribution in [0.15, 0.2) is 82.6 Å². The van der Waals surface area contributed by atoms with Crippen LogP contribution in [0.25, 0.3) is 0 Å². The van der Waals surface area contributed by atoms with Gasteiger partial charge in [-0.3, -0.25) is 9.10 Å². The first-order valence-electron chi connectivity index (χ1n) is 11.6. The molecular formula is C26H29FN2O6S2. The van der Waals surface area contributed by atoms with E-state index in [1.54, 1.807) is 12.1 Å². The summed E-state index contributed by atoms with van der Waals surface area (Å²) in [5, 5.41) is 2.81. The van der Waals surface area contributed by atoms with Crippen LogP contribution in [0.5, 0.6) is 5.75 Å². The molecule has 0 aliphatic carbocycles. The summed E-state index contributed by atoms with van der Waals surface area (Å²) in [5.74, 6) is -0.631. The Bertz CT molecular complexity index is 1420. The largest absolute Gasteiger partial charge is 0.494 e. The van der Waals surface area contributed by atoms with E-state index in [0.717, 1.165) is 22.7 Å². The summed E-state index contributed by atoms with van der Waals surface area (Å²) >= 11 is 0. The number of hydrogen-bond acceptors (Lipinski definition) is 6. The summed E-state index contributed by atoms with van der Waals surface area (Å²) in [7, 11) is -7.56. The van der Waals surface area contributed by atoms with Crippen molar-refractivity contribution in [3.8, 4) is 5.75 Å². The van der Waals surface area contributed by atoms with Gasteiger partial charge in [0, 0.05) is 6.26 Å². The number of nitrogens with one attached hydrogen (secondary N) is 1. The van der Waals surface area contributed by atoms with Crippen LogP contribution < -0.4 is 14.4 Å². The number of sulfone groups is 1. The van der Waals surface area contributed by atoms with E-state index in [2.05, 4.69) is 5.32 Å². The van der Waals surface area contributed by atoms with Crippen LogP contribution in [0.4, 0.5) is 10.1 Å². The SMILES string of the molecule is CCOc1ccc(S(=O)(=O)N(CC(=O)NC(CC)c2ccc(S(C)(=O)=O)cc2)c2ccc(F)cc2)cc1. The van der Waals surface area contributed by atoms with Crippen molar-refractivity contribution in [3.05, 3.63) is 84.2 Å². The van der Waals surface area contributed by atoms with E-state index >= 15 is 0 Å². The molecule has 0 radical (unpaired) electrons. The van der Waals surface area contributed by atoms with Crippen LogP contribution in [0, 0.1) is 5.82 Å². The molecule has 0 spiro atoms. The number of nitrogens with zero attached hydrogens (tertiary/aromatic N) is 1. The number of carbonyl (C=O) groups is 1. The third kappa shape index (κ3) is 7.07. The molecule has 0 aliphatic rings. The van der Waals surface area contributed by atoms with Crippen LogP contribution in [0.3, 0.4) is 0 Å². The molecule has 1 amide bonds. The minimum atomic E-state index is -4.20. The first kappa shape index (κ1) is 28.1. The highest BCUT2D eigenvalue weighted by atomic mass is 32.2. The molecule has 0 saturated carbocycles. The van der Waals surface area contributed by atoms with Gasteiger partial charge in [-0.25, -0.2) is 21.2 Å². The second-order valence-electron chi connectivity index (χ2n) is 8.26. The molecule has 1 N–H and O–H groups in total. The fraction of sp³-hybridized carbons (Fsp3) is 0.269. The van der Waals surface area contributed by atoms with Crippen molar-refractivity contribution < 1.29 is 30.8 Å². The molecule has 198 valence electrons. The number of rotatable bonds is 11. The molecule has 0 aliphatic heterocycles. The molecule has 1 atom stereocenters. The highest BCUT2D eigenvalue weighted by Gasteiger charge is 2.28. The number of amides is 1. The van der Waals surface area contributed by atoms with Crippen molar-refractivity contribution in [2.75, 3.05) is 23.7 Å². The van der Waals surface area contributed by atoms with E-state index in [1.807, 2.05) is 13.8 Å². The molecule has 0 saturated heterocycles. The Morgan fingerprint density at radius 2 is 1.46 bits per heavy atom. The average Bonchev–Trinajstić information content (AvgIpc) is 2.86. The summed E-state index contributed by atoms with van der Waals surface area (Å²) in [6.07, 6.45) is 1.59. The molecule has 0 fully saturated rings. The highest BCUT2D eigenvalue weighted by molar-refractivity contribution is 7.93. The Morgan fingerprint density at radius 3 is 1.97 bits per heavy atom. The lowest BCUT2D eigenvalue weighted by atomic mass is 10.0. The number of ether oxygens (including phenoxy) is 1. The maximum atomic E-state index is 13.6. The topological polar surface area (TPSA) is 110 Å². The van der Waals surface area contributed by atoms with Gasteiger partial charge in [-0.05, 0) is 79.6 Å². The number of benzene rings is 3. The molecule has 8 nitrogen and oxygen atoms in total. The lowest BCUT2D eigenvalue weighted by Crippen LogP contribution is -2.42. The van der Waals surface area contributed by atoms with Gasteiger partial charge in [-0.2, -0.15) is 0 Å². The van der Waals surface area contributed by atoms with Gasteiger partial charge < -0.3 is 10.1 Å². The molecule has 37 heavy (non-hydrogen) atoms. The minimum absolute atomic E-state index is 0.0588. The number of halogens is 1. The fourth-order valence-corrected chi connectivity index (χ4v) is 5.71. The van der Waals surface area contributed by atoms with Crippen molar-refractivity contribution in [2.45, 2.75) is 36.1 Å². The van der Waals surface area contributed by atoms with E-state index in [0.29, 0.717) is 24.3 Å². The third-order valence-corrected chi connectivity index (χ3v) is 8.50. The van der Waals surface area contributed by atoms with Gasteiger partial charge in [-0.15, -0.1) is 0 Å². The minimum Gasteiger partial charge on any atom is -0.494 e. The molecule has 0 heterocycles. The monoisotopic (exact) mass is 548 g/mol. The zero-order valence-electron chi connectivity index (χ0n) is 20.7. The Morgan fingerprint density at radius 1 is 0.892 bits per heavy atom. The van der Waals surface area contributed by atoms with Gasteiger partial charge in [0.2, 0.25) is 5.91 Å². The Labute approximate surface area is 217 Å². The van der Waals surface area contributed by atoms with E-state index < -0.39 is 44.2 Å². The summed E-state index contributed by atoms with van der Waals surface area (Å²) < 4.78 is 70.4. The van der Waals surface area contributed by atoms with E-state index in [4.69, 9.17) is 4.74 Å². The van der Waals surface area contributed by atoms with Gasteiger partial charge in [0.05, 0.1) is 28.1 Å². The Kier molecular flexibility index (Phi) is 8.93. The van der Waals surface area contributed by atoms with Crippen molar-refractivity contribution >= 4 is 31.5 Å². The first-order valence-corrected chi connectivity index (χ1v) is 14.9. The predicted molar refractivity (Wildman–Crippen MR) is 139 cm³/mol. The van der Waals surface area contributed by atoms with Crippen molar-refractivity contribution in [3.63, 3.8) is 0 Å². The zero-order valence-corrected chi connectivity index (χ0v) is 22.4. The third-order valence-electron chi connectivity index (χ3n) is 5.58. The molecule has 1 unspecified atom stereocenters. The Hall–Kier alpha value is -3.44. The van der Waals surface area contributed by atoms with Crippen molar-refractivity contribution in [1.82, 2.24) is 5.32 Å². The van der Waals surface area contributed by atoms with E-state index in [1.165, 1.54) is 48.5 Å². The molecule has 3 rings (SSSR count). The van der Waals surface area contributed by atoms with Crippen LogP contribution in [-0.2, 0) is 24.7 Å². The molecule has 11 heteroatoms. The van der Waals surface area contributed by atoms with E-state index in [-0.39, 0.29) is 15.5 Å². The van der Waals surface area contributed by atoms with Gasteiger partial charge in [0.25, 0.3) is 10.0 Å². The maximum Gasteiger partial charge on any atom is 0.264 e. The second-order valence-corrected chi connectivity index (χ2v) is 12.1. The van der Waals surface area contributed by atoms with Gasteiger partial charge in [0.15, 0.2) is 9.84 Å². The number of anilines is 1. The molecular weight excluding hydrogens is 519 g/mol. The summed E-state index contributed by atoms with van der Waals surface area (Å²) in [5.41, 5.74) is 0.793. The van der Waals surface area contributed by atoms with Crippen molar-refractivity contribution in [1.29, 1.82) is 0 Å². The highest BCUT2D eigenvalue weighted by Crippen LogP contribution is 2.26. The fourth-order valence-electron chi connectivity index (χ4n) is 3.66. The molecule has 3 aromatic rings. The van der Waals surface area contributed by atoms with Gasteiger partial charge in [-0.1, -0.05) is 19.1 Å². The number of sulfonamides is 1. The Balaban J connectivity index is 1.88.